The maximum atomic E-state index is 14.3. The zero-order valence-corrected chi connectivity index (χ0v) is 17.1. The predicted octanol–water partition coefficient (Wildman–Crippen LogP) is 4.71. The van der Waals surface area contributed by atoms with E-state index in [2.05, 4.69) is 20.6 Å². The second-order valence-electron chi connectivity index (χ2n) is 7.42. The number of carbonyl (C=O) groups is 1. The number of halogens is 4. The summed E-state index contributed by atoms with van der Waals surface area (Å²) in [6.45, 7) is 0.163. The summed E-state index contributed by atoms with van der Waals surface area (Å²) in [5.74, 6) is -0.421. The number of hydrogen-bond donors (Lipinski definition) is 0. The van der Waals surface area contributed by atoms with Gasteiger partial charge in [-0.05, 0) is 36.6 Å². The van der Waals surface area contributed by atoms with Gasteiger partial charge in [-0.15, -0.1) is 6.42 Å². The van der Waals surface area contributed by atoms with Crippen molar-refractivity contribution in [3.8, 4) is 29.5 Å². The lowest BCUT2D eigenvalue weighted by Crippen LogP contribution is -2.32. The molecule has 1 aliphatic carbocycles. The lowest BCUT2D eigenvalue weighted by Gasteiger charge is -2.23. The van der Waals surface area contributed by atoms with Crippen LogP contribution in [0.1, 0.15) is 34.7 Å². The normalized spacial score (nSPS) is 13.4. The molecule has 33 heavy (non-hydrogen) atoms. The molecule has 1 heterocycles. The van der Waals surface area contributed by atoms with Gasteiger partial charge in [0.1, 0.15) is 6.61 Å². The maximum absolute atomic E-state index is 14.3. The molecule has 0 saturated heterocycles. The average molecular weight is 459 g/mol. The Bertz CT molecular complexity index is 1190. The summed E-state index contributed by atoms with van der Waals surface area (Å²) in [5.41, 5.74) is 1.26. The number of aromatic nitrogens is 2. The smallest absolute Gasteiger partial charge is 0.471 e. The van der Waals surface area contributed by atoms with Gasteiger partial charge in [0.15, 0.2) is 11.6 Å². The summed E-state index contributed by atoms with van der Waals surface area (Å²) in [5, 5.41) is 3.36. The average Bonchev–Trinajstić information content (AvgIpc) is 3.50. The molecule has 1 saturated carbocycles. The summed E-state index contributed by atoms with van der Waals surface area (Å²) in [4.78, 5) is 18.0. The molecule has 3 aromatic rings. The number of hydrogen-bond acceptors (Lipinski definition) is 5. The van der Waals surface area contributed by atoms with Crippen LogP contribution in [-0.4, -0.2) is 33.6 Å². The number of terminal acetylenes is 1. The largest absolute Gasteiger partial charge is 0.478 e. The third-order valence-corrected chi connectivity index (χ3v) is 4.97. The first-order valence-corrected chi connectivity index (χ1v) is 9.93. The van der Waals surface area contributed by atoms with E-state index in [1.807, 2.05) is 0 Å². The molecule has 0 spiro atoms. The van der Waals surface area contributed by atoms with Gasteiger partial charge in [0.05, 0.1) is 0 Å². The van der Waals surface area contributed by atoms with Crippen LogP contribution in [0.2, 0.25) is 0 Å². The SMILES string of the molecule is C#CCOc1ccc(C(=O)N(Cc2ccc(-c3noc(C(F)(F)F)n3)cc2)C2CC2)cc1F. The van der Waals surface area contributed by atoms with Gasteiger partial charge >= 0.3 is 12.1 Å². The van der Waals surface area contributed by atoms with Gasteiger partial charge in [0, 0.05) is 23.7 Å². The molecule has 0 bridgehead atoms. The third-order valence-electron chi connectivity index (χ3n) is 4.97. The van der Waals surface area contributed by atoms with Crippen molar-refractivity contribution in [3.05, 3.63) is 65.3 Å². The zero-order chi connectivity index (χ0) is 23.6. The fourth-order valence-corrected chi connectivity index (χ4v) is 3.20. The summed E-state index contributed by atoms with van der Waals surface area (Å²) in [7, 11) is 0. The van der Waals surface area contributed by atoms with Crippen molar-refractivity contribution in [2.75, 3.05) is 6.61 Å². The predicted molar refractivity (Wildman–Crippen MR) is 108 cm³/mol. The highest BCUT2D eigenvalue weighted by Crippen LogP contribution is 2.32. The van der Waals surface area contributed by atoms with E-state index in [-0.39, 0.29) is 42.2 Å². The van der Waals surface area contributed by atoms with E-state index in [4.69, 9.17) is 11.2 Å². The van der Waals surface area contributed by atoms with Gasteiger partial charge in [-0.3, -0.25) is 4.79 Å². The van der Waals surface area contributed by atoms with Gasteiger partial charge in [-0.25, -0.2) is 4.39 Å². The van der Waals surface area contributed by atoms with E-state index >= 15 is 0 Å². The van der Waals surface area contributed by atoms with E-state index in [1.54, 1.807) is 29.2 Å². The first-order chi connectivity index (χ1) is 15.8. The molecule has 6 nitrogen and oxygen atoms in total. The Kier molecular flexibility index (Phi) is 6.05. The zero-order valence-electron chi connectivity index (χ0n) is 17.1. The van der Waals surface area contributed by atoms with Crippen LogP contribution in [-0.2, 0) is 12.7 Å². The van der Waals surface area contributed by atoms with Crippen molar-refractivity contribution in [2.45, 2.75) is 31.6 Å². The minimum Gasteiger partial charge on any atom is -0.478 e. The van der Waals surface area contributed by atoms with Crippen molar-refractivity contribution < 1.29 is 31.6 Å². The quantitative estimate of drug-likeness (QED) is 0.378. The van der Waals surface area contributed by atoms with Crippen LogP contribution in [0.3, 0.4) is 0 Å². The molecule has 0 atom stereocenters. The topological polar surface area (TPSA) is 68.5 Å². The minimum absolute atomic E-state index is 0.0316. The Balaban J connectivity index is 1.48. The Morgan fingerprint density at radius 2 is 1.94 bits per heavy atom. The summed E-state index contributed by atoms with van der Waals surface area (Å²) < 4.78 is 61.6. The van der Waals surface area contributed by atoms with E-state index < -0.39 is 17.9 Å². The molecule has 2 aromatic carbocycles. The molecule has 1 aromatic heterocycles. The van der Waals surface area contributed by atoms with Crippen molar-refractivity contribution in [2.24, 2.45) is 0 Å². The molecule has 0 N–H and O–H groups in total. The molecule has 1 aliphatic rings. The Hall–Kier alpha value is -3.87. The fraction of sp³-hybridized carbons (Fsp3) is 0.261. The van der Waals surface area contributed by atoms with E-state index in [0.29, 0.717) is 5.56 Å². The standard InChI is InChI=1S/C23H17F4N3O3/c1-2-11-32-19-10-7-16(12-18(19)24)21(31)30(17-8-9-17)13-14-3-5-15(6-4-14)20-28-22(33-29-20)23(25,26)27/h1,3-7,10,12,17H,8-9,11,13H2. The Morgan fingerprint density at radius 3 is 2.52 bits per heavy atom. The molecule has 170 valence electrons. The lowest BCUT2D eigenvalue weighted by molar-refractivity contribution is -0.159. The molecule has 1 fully saturated rings. The molecule has 1 amide bonds. The third kappa shape index (κ3) is 5.14. The monoisotopic (exact) mass is 459 g/mol. The Morgan fingerprint density at radius 1 is 1.21 bits per heavy atom. The molecule has 10 heteroatoms. The second-order valence-corrected chi connectivity index (χ2v) is 7.42. The molecule has 4 rings (SSSR count). The number of carbonyl (C=O) groups excluding carboxylic acids is 1. The number of nitrogens with zero attached hydrogens (tertiary/aromatic N) is 3. The van der Waals surface area contributed by atoms with E-state index in [1.165, 1.54) is 12.1 Å². The van der Waals surface area contributed by atoms with Crippen LogP contribution in [0.4, 0.5) is 17.6 Å². The van der Waals surface area contributed by atoms with Gasteiger partial charge < -0.3 is 14.2 Å². The number of ether oxygens (including phenoxy) is 1. The maximum Gasteiger partial charge on any atom is 0.471 e. The van der Waals surface area contributed by atoms with Gasteiger partial charge in [0.2, 0.25) is 5.82 Å². The number of rotatable bonds is 7. The van der Waals surface area contributed by atoms with Crippen molar-refractivity contribution in [3.63, 3.8) is 0 Å². The van der Waals surface area contributed by atoms with Gasteiger partial charge in [-0.2, -0.15) is 18.2 Å². The molecular weight excluding hydrogens is 442 g/mol. The van der Waals surface area contributed by atoms with Gasteiger partial charge in [-0.1, -0.05) is 35.3 Å². The van der Waals surface area contributed by atoms with Crippen molar-refractivity contribution in [1.82, 2.24) is 15.0 Å². The summed E-state index contributed by atoms with van der Waals surface area (Å²) >= 11 is 0. The fourth-order valence-electron chi connectivity index (χ4n) is 3.20. The highest BCUT2D eigenvalue weighted by molar-refractivity contribution is 5.94. The van der Waals surface area contributed by atoms with Crippen LogP contribution in [0.5, 0.6) is 5.75 Å². The van der Waals surface area contributed by atoms with Gasteiger partial charge in [0.25, 0.3) is 5.91 Å². The molecule has 0 radical (unpaired) electrons. The van der Waals surface area contributed by atoms with Crippen LogP contribution < -0.4 is 4.74 Å². The number of benzene rings is 2. The van der Waals surface area contributed by atoms with Crippen molar-refractivity contribution >= 4 is 5.91 Å². The number of alkyl halides is 3. The van der Waals surface area contributed by atoms with Crippen LogP contribution in [0, 0.1) is 18.2 Å². The van der Waals surface area contributed by atoms with Crippen LogP contribution in [0.15, 0.2) is 47.0 Å². The van der Waals surface area contributed by atoms with Crippen LogP contribution in [0.25, 0.3) is 11.4 Å². The first kappa shape index (κ1) is 22.3. The van der Waals surface area contributed by atoms with E-state index in [0.717, 1.165) is 24.5 Å². The highest BCUT2D eigenvalue weighted by Gasteiger charge is 2.38. The molecular formula is C23H17F4N3O3. The number of amides is 1. The Labute approximate surface area is 186 Å². The van der Waals surface area contributed by atoms with Crippen LogP contribution >= 0.6 is 0 Å². The highest BCUT2D eigenvalue weighted by atomic mass is 19.4. The lowest BCUT2D eigenvalue weighted by atomic mass is 10.1. The minimum atomic E-state index is -4.72. The second kappa shape index (κ2) is 8.94. The molecule has 0 unspecified atom stereocenters. The first-order valence-electron chi connectivity index (χ1n) is 9.93. The summed E-state index contributed by atoms with van der Waals surface area (Å²) in [6.07, 6.45) is 2.05. The van der Waals surface area contributed by atoms with Crippen molar-refractivity contribution in [1.29, 1.82) is 0 Å². The molecule has 0 aliphatic heterocycles. The van der Waals surface area contributed by atoms with E-state index in [9.17, 15) is 22.4 Å². The summed E-state index contributed by atoms with van der Waals surface area (Å²) in [6, 6.07) is 10.4.